The van der Waals surface area contributed by atoms with Crippen molar-refractivity contribution in [2.24, 2.45) is 0 Å². The summed E-state index contributed by atoms with van der Waals surface area (Å²) < 4.78 is 0. The average molecular weight is 249 g/mol. The number of nitrogens with two attached hydrogens (primary N) is 1. The normalized spacial score (nSPS) is 12.5. The molecule has 18 heavy (non-hydrogen) atoms. The number of nitrogens with zero attached hydrogens (tertiary/aromatic N) is 2. The molecule has 2 N–H and O–H groups in total. The predicted octanol–water partition coefficient (Wildman–Crippen LogP) is 1.74. The number of carbonyl (C=O) groups excluding carboxylic acids is 1. The van der Waals surface area contributed by atoms with Gasteiger partial charge in [-0.25, -0.2) is 0 Å². The van der Waals surface area contributed by atoms with Gasteiger partial charge in [-0.05, 0) is 31.7 Å². The zero-order valence-electron chi connectivity index (χ0n) is 11.7. The maximum absolute atomic E-state index is 11.5. The van der Waals surface area contributed by atoms with Crippen molar-refractivity contribution in [3.8, 4) is 0 Å². The lowest BCUT2D eigenvalue weighted by Gasteiger charge is -2.25. The standard InChI is InChI=1S/C14H23N3O/c1-11(12-6-5-7-13(15)10-12)17(4)9-8-14(18)16(2)3/h5-7,10-11H,8-9,15H2,1-4H3. The van der Waals surface area contributed by atoms with Crippen molar-refractivity contribution in [3.05, 3.63) is 29.8 Å². The Hall–Kier alpha value is -1.55. The van der Waals surface area contributed by atoms with Crippen molar-refractivity contribution in [1.29, 1.82) is 0 Å². The molecule has 4 heteroatoms. The summed E-state index contributed by atoms with van der Waals surface area (Å²) in [5, 5.41) is 0. The number of amides is 1. The van der Waals surface area contributed by atoms with Gasteiger partial charge < -0.3 is 10.6 Å². The second-order valence-electron chi connectivity index (χ2n) is 4.86. The Morgan fingerprint density at radius 1 is 1.33 bits per heavy atom. The van der Waals surface area contributed by atoms with Crippen LogP contribution in [0, 0.1) is 0 Å². The molecule has 0 spiro atoms. The van der Waals surface area contributed by atoms with Crippen LogP contribution in [-0.4, -0.2) is 43.4 Å². The smallest absolute Gasteiger partial charge is 0.223 e. The van der Waals surface area contributed by atoms with Crippen LogP contribution in [0.25, 0.3) is 0 Å². The molecular formula is C14H23N3O. The van der Waals surface area contributed by atoms with Crippen molar-refractivity contribution >= 4 is 11.6 Å². The van der Waals surface area contributed by atoms with Gasteiger partial charge in [-0.3, -0.25) is 9.69 Å². The van der Waals surface area contributed by atoms with E-state index in [4.69, 9.17) is 5.73 Å². The van der Waals surface area contributed by atoms with Gasteiger partial charge in [0.05, 0.1) is 0 Å². The lowest BCUT2D eigenvalue weighted by Crippen LogP contribution is -2.29. The molecule has 0 aliphatic heterocycles. The largest absolute Gasteiger partial charge is 0.399 e. The molecule has 0 radical (unpaired) electrons. The number of anilines is 1. The van der Waals surface area contributed by atoms with Gasteiger partial charge in [-0.15, -0.1) is 0 Å². The van der Waals surface area contributed by atoms with Gasteiger partial charge in [0.25, 0.3) is 0 Å². The Morgan fingerprint density at radius 3 is 2.56 bits per heavy atom. The zero-order chi connectivity index (χ0) is 13.7. The van der Waals surface area contributed by atoms with E-state index in [0.717, 1.165) is 12.2 Å². The Morgan fingerprint density at radius 2 is 2.00 bits per heavy atom. The summed E-state index contributed by atoms with van der Waals surface area (Å²) in [6, 6.07) is 8.13. The Balaban J connectivity index is 2.56. The lowest BCUT2D eigenvalue weighted by atomic mass is 10.1. The summed E-state index contributed by atoms with van der Waals surface area (Å²) in [6.07, 6.45) is 0.538. The van der Waals surface area contributed by atoms with Gasteiger partial charge in [0, 0.05) is 38.8 Å². The Labute approximate surface area is 109 Å². The first kappa shape index (κ1) is 14.5. The summed E-state index contributed by atoms with van der Waals surface area (Å²) in [7, 11) is 5.59. The fraction of sp³-hybridized carbons (Fsp3) is 0.500. The van der Waals surface area contributed by atoms with E-state index in [1.54, 1.807) is 19.0 Å². The van der Waals surface area contributed by atoms with Crippen molar-refractivity contribution in [3.63, 3.8) is 0 Å². The van der Waals surface area contributed by atoms with Crippen LogP contribution in [0.4, 0.5) is 5.69 Å². The van der Waals surface area contributed by atoms with Crippen molar-refractivity contribution in [2.45, 2.75) is 19.4 Å². The fourth-order valence-corrected chi connectivity index (χ4v) is 1.76. The first-order chi connectivity index (χ1) is 8.41. The molecule has 0 saturated carbocycles. The van der Waals surface area contributed by atoms with E-state index in [1.807, 2.05) is 25.2 Å². The lowest BCUT2D eigenvalue weighted by molar-refractivity contribution is -0.129. The third-order valence-electron chi connectivity index (χ3n) is 3.23. The van der Waals surface area contributed by atoms with Gasteiger partial charge in [0.15, 0.2) is 0 Å². The minimum Gasteiger partial charge on any atom is -0.399 e. The molecule has 0 bridgehead atoms. The van der Waals surface area contributed by atoms with Gasteiger partial charge in [0.2, 0.25) is 5.91 Å². The van der Waals surface area contributed by atoms with E-state index in [1.165, 1.54) is 5.56 Å². The van der Waals surface area contributed by atoms with E-state index >= 15 is 0 Å². The molecule has 1 rings (SSSR count). The quantitative estimate of drug-likeness (QED) is 0.809. The van der Waals surface area contributed by atoms with E-state index < -0.39 is 0 Å². The van der Waals surface area contributed by atoms with Crippen LogP contribution in [0.1, 0.15) is 24.9 Å². The van der Waals surface area contributed by atoms with E-state index in [-0.39, 0.29) is 11.9 Å². The number of hydrogen-bond donors (Lipinski definition) is 1. The Bertz CT molecular complexity index is 404. The highest BCUT2D eigenvalue weighted by molar-refractivity contribution is 5.75. The minimum atomic E-state index is 0.154. The van der Waals surface area contributed by atoms with Crippen LogP contribution in [0.5, 0.6) is 0 Å². The molecule has 0 heterocycles. The second kappa shape index (κ2) is 6.40. The number of rotatable bonds is 5. The molecule has 4 nitrogen and oxygen atoms in total. The molecule has 1 amide bonds. The predicted molar refractivity (Wildman–Crippen MR) is 75.2 cm³/mol. The molecule has 0 aliphatic rings. The van der Waals surface area contributed by atoms with E-state index in [9.17, 15) is 4.79 Å². The number of nitrogen functional groups attached to an aromatic ring is 1. The van der Waals surface area contributed by atoms with Crippen LogP contribution < -0.4 is 5.73 Å². The maximum Gasteiger partial charge on any atom is 0.223 e. The minimum absolute atomic E-state index is 0.154. The van der Waals surface area contributed by atoms with E-state index in [0.29, 0.717) is 6.42 Å². The molecule has 100 valence electrons. The molecule has 0 aromatic heterocycles. The van der Waals surface area contributed by atoms with Crippen LogP contribution >= 0.6 is 0 Å². The summed E-state index contributed by atoms with van der Waals surface area (Å²) in [5.74, 6) is 0.154. The second-order valence-corrected chi connectivity index (χ2v) is 4.86. The number of hydrogen-bond acceptors (Lipinski definition) is 3. The highest BCUT2D eigenvalue weighted by atomic mass is 16.2. The summed E-state index contributed by atoms with van der Waals surface area (Å²) in [5.41, 5.74) is 7.73. The molecule has 1 atom stereocenters. The third kappa shape index (κ3) is 4.04. The molecule has 1 unspecified atom stereocenters. The highest BCUT2D eigenvalue weighted by Crippen LogP contribution is 2.20. The molecular weight excluding hydrogens is 226 g/mol. The monoisotopic (exact) mass is 249 g/mol. The summed E-state index contributed by atoms with van der Waals surface area (Å²) >= 11 is 0. The molecule has 0 fully saturated rings. The molecule has 0 aliphatic carbocycles. The molecule has 0 saturated heterocycles. The first-order valence-electron chi connectivity index (χ1n) is 6.17. The number of carbonyl (C=O) groups is 1. The molecule has 1 aromatic rings. The van der Waals surface area contributed by atoms with Gasteiger partial charge >= 0.3 is 0 Å². The van der Waals surface area contributed by atoms with Crippen LogP contribution in [0.2, 0.25) is 0 Å². The van der Waals surface area contributed by atoms with Crippen molar-refractivity contribution < 1.29 is 4.79 Å². The maximum atomic E-state index is 11.5. The van der Waals surface area contributed by atoms with Crippen LogP contribution in [0.3, 0.4) is 0 Å². The van der Waals surface area contributed by atoms with Crippen LogP contribution in [0.15, 0.2) is 24.3 Å². The van der Waals surface area contributed by atoms with Gasteiger partial charge in [-0.1, -0.05) is 12.1 Å². The first-order valence-corrected chi connectivity index (χ1v) is 6.17. The SMILES string of the molecule is CC(c1cccc(N)c1)N(C)CCC(=O)N(C)C. The zero-order valence-corrected chi connectivity index (χ0v) is 11.7. The molecule has 1 aromatic carbocycles. The Kier molecular flexibility index (Phi) is 5.16. The fourth-order valence-electron chi connectivity index (χ4n) is 1.76. The average Bonchev–Trinajstić information content (AvgIpc) is 2.34. The van der Waals surface area contributed by atoms with Gasteiger partial charge in [-0.2, -0.15) is 0 Å². The van der Waals surface area contributed by atoms with Crippen molar-refractivity contribution in [2.75, 3.05) is 33.4 Å². The highest BCUT2D eigenvalue weighted by Gasteiger charge is 2.13. The van der Waals surface area contributed by atoms with E-state index in [2.05, 4.69) is 17.9 Å². The number of benzene rings is 1. The topological polar surface area (TPSA) is 49.6 Å². The third-order valence-corrected chi connectivity index (χ3v) is 3.23. The summed E-state index contributed by atoms with van der Waals surface area (Å²) in [4.78, 5) is 15.3. The van der Waals surface area contributed by atoms with Crippen LogP contribution in [-0.2, 0) is 4.79 Å². The van der Waals surface area contributed by atoms with Gasteiger partial charge in [0.1, 0.15) is 0 Å². The summed E-state index contributed by atoms with van der Waals surface area (Å²) in [6.45, 7) is 2.86. The van der Waals surface area contributed by atoms with Crippen molar-refractivity contribution in [1.82, 2.24) is 9.80 Å².